The molecule has 0 aliphatic rings. The van der Waals surface area contributed by atoms with Crippen molar-refractivity contribution in [2.24, 2.45) is 0 Å². The Kier molecular flexibility index (Phi) is 4.42. The van der Waals surface area contributed by atoms with Crippen molar-refractivity contribution in [1.82, 2.24) is 9.71 Å². The summed E-state index contributed by atoms with van der Waals surface area (Å²) in [6.45, 7) is 0.188. The number of rotatable bonds is 5. The Morgan fingerprint density at radius 3 is 2.48 bits per heavy atom. The quantitative estimate of drug-likeness (QED) is 0.696. The topological polar surface area (TPSA) is 85.1 Å². The molecule has 0 saturated carbocycles. The third-order valence-electron chi connectivity index (χ3n) is 3.33. The van der Waals surface area contributed by atoms with Crippen LogP contribution in [0.3, 0.4) is 0 Å². The molecule has 1 aromatic heterocycles. The SMILES string of the molecule is Nc1ccccc1-c1ccc(S(=O)(=O)NCc2nccs2)cc1. The Labute approximate surface area is 138 Å². The van der Waals surface area contributed by atoms with Gasteiger partial charge >= 0.3 is 0 Å². The highest BCUT2D eigenvalue weighted by Gasteiger charge is 2.14. The van der Waals surface area contributed by atoms with Crippen molar-refractivity contribution >= 4 is 27.0 Å². The molecule has 0 atom stereocenters. The molecule has 3 N–H and O–H groups in total. The Morgan fingerprint density at radius 2 is 1.83 bits per heavy atom. The molecule has 5 nitrogen and oxygen atoms in total. The van der Waals surface area contributed by atoms with Crippen LogP contribution in [0.1, 0.15) is 5.01 Å². The molecule has 0 fully saturated rings. The van der Waals surface area contributed by atoms with Crippen LogP contribution in [0.15, 0.2) is 65.0 Å². The van der Waals surface area contributed by atoms with Crippen molar-refractivity contribution in [2.45, 2.75) is 11.4 Å². The van der Waals surface area contributed by atoms with E-state index in [4.69, 9.17) is 5.73 Å². The second-order valence-corrected chi connectivity index (χ2v) is 7.61. The Hall–Kier alpha value is -2.22. The van der Waals surface area contributed by atoms with Gasteiger partial charge in [-0.15, -0.1) is 11.3 Å². The first-order chi connectivity index (χ1) is 11.1. The normalized spacial score (nSPS) is 11.5. The maximum absolute atomic E-state index is 12.3. The van der Waals surface area contributed by atoms with E-state index in [1.54, 1.807) is 30.5 Å². The summed E-state index contributed by atoms with van der Waals surface area (Å²) in [6, 6.07) is 14.1. The highest BCUT2D eigenvalue weighted by atomic mass is 32.2. The van der Waals surface area contributed by atoms with Crippen molar-refractivity contribution in [2.75, 3.05) is 5.73 Å². The summed E-state index contributed by atoms with van der Waals surface area (Å²) in [5.41, 5.74) is 8.36. The van der Waals surface area contributed by atoms with Gasteiger partial charge in [-0.3, -0.25) is 0 Å². The Balaban J connectivity index is 1.80. The maximum Gasteiger partial charge on any atom is 0.240 e. The van der Waals surface area contributed by atoms with Crippen LogP contribution in [-0.4, -0.2) is 13.4 Å². The predicted molar refractivity (Wildman–Crippen MR) is 92.4 cm³/mol. The molecule has 118 valence electrons. The van der Waals surface area contributed by atoms with Gasteiger partial charge in [-0.25, -0.2) is 18.1 Å². The lowest BCUT2D eigenvalue weighted by molar-refractivity contribution is 0.581. The van der Waals surface area contributed by atoms with E-state index in [2.05, 4.69) is 9.71 Å². The van der Waals surface area contributed by atoms with Crippen LogP contribution in [0.25, 0.3) is 11.1 Å². The number of nitrogens with zero attached hydrogens (tertiary/aromatic N) is 1. The lowest BCUT2D eigenvalue weighted by atomic mass is 10.0. The van der Waals surface area contributed by atoms with E-state index in [-0.39, 0.29) is 11.4 Å². The van der Waals surface area contributed by atoms with E-state index < -0.39 is 10.0 Å². The summed E-state index contributed by atoms with van der Waals surface area (Å²) >= 11 is 1.41. The molecule has 23 heavy (non-hydrogen) atoms. The van der Waals surface area contributed by atoms with Crippen LogP contribution in [0.2, 0.25) is 0 Å². The number of benzene rings is 2. The van der Waals surface area contributed by atoms with Gasteiger partial charge in [-0.05, 0) is 23.8 Å². The van der Waals surface area contributed by atoms with Crippen LogP contribution in [0.5, 0.6) is 0 Å². The minimum absolute atomic E-state index is 0.188. The fourth-order valence-corrected chi connectivity index (χ4v) is 3.79. The molecule has 0 bridgehead atoms. The third-order valence-corrected chi connectivity index (χ3v) is 5.53. The van der Waals surface area contributed by atoms with Gasteiger partial charge in [0.25, 0.3) is 0 Å². The molecule has 2 aromatic carbocycles. The first-order valence-corrected chi connectivity index (χ1v) is 9.25. The minimum atomic E-state index is -3.56. The minimum Gasteiger partial charge on any atom is -0.398 e. The number of nitrogen functional groups attached to an aromatic ring is 1. The standard InChI is InChI=1S/C16H15N3O2S2/c17-15-4-2-1-3-14(15)12-5-7-13(8-6-12)23(20,21)19-11-16-18-9-10-22-16/h1-10,19H,11,17H2. The summed E-state index contributed by atoms with van der Waals surface area (Å²) in [6.07, 6.45) is 1.65. The molecule has 0 aliphatic carbocycles. The molecule has 0 radical (unpaired) electrons. The number of para-hydroxylation sites is 1. The predicted octanol–water partition coefficient (Wildman–Crippen LogP) is 2.87. The van der Waals surface area contributed by atoms with Crippen LogP contribution in [0.4, 0.5) is 5.69 Å². The van der Waals surface area contributed by atoms with Crippen LogP contribution < -0.4 is 10.5 Å². The van der Waals surface area contributed by atoms with Gasteiger partial charge in [-0.2, -0.15) is 0 Å². The summed E-state index contributed by atoms with van der Waals surface area (Å²) in [4.78, 5) is 4.27. The molecule has 1 heterocycles. The van der Waals surface area contributed by atoms with E-state index in [0.29, 0.717) is 5.69 Å². The van der Waals surface area contributed by atoms with E-state index in [9.17, 15) is 8.42 Å². The number of hydrogen-bond donors (Lipinski definition) is 2. The first-order valence-electron chi connectivity index (χ1n) is 6.89. The average molecular weight is 345 g/mol. The number of anilines is 1. The monoisotopic (exact) mass is 345 g/mol. The first kappa shape index (κ1) is 15.7. The van der Waals surface area contributed by atoms with E-state index in [1.807, 2.05) is 29.6 Å². The summed E-state index contributed by atoms with van der Waals surface area (Å²) < 4.78 is 27.1. The number of sulfonamides is 1. The summed E-state index contributed by atoms with van der Waals surface area (Å²) in [7, 11) is -3.56. The zero-order valence-electron chi connectivity index (χ0n) is 12.1. The molecule has 3 aromatic rings. The molecular weight excluding hydrogens is 330 g/mol. The number of nitrogens with two attached hydrogens (primary N) is 1. The van der Waals surface area contributed by atoms with Gasteiger partial charge < -0.3 is 5.73 Å². The summed E-state index contributed by atoms with van der Waals surface area (Å²) in [5.74, 6) is 0. The number of nitrogens with one attached hydrogen (secondary N) is 1. The molecule has 0 aliphatic heterocycles. The summed E-state index contributed by atoms with van der Waals surface area (Å²) in [5, 5.41) is 2.53. The van der Waals surface area contributed by atoms with E-state index >= 15 is 0 Å². The smallest absolute Gasteiger partial charge is 0.240 e. The molecule has 0 unspecified atom stereocenters. The van der Waals surface area contributed by atoms with Gasteiger partial charge in [-0.1, -0.05) is 30.3 Å². The molecular formula is C16H15N3O2S2. The van der Waals surface area contributed by atoms with Crippen molar-refractivity contribution in [3.63, 3.8) is 0 Å². The number of hydrogen-bond acceptors (Lipinski definition) is 5. The molecule has 3 rings (SSSR count). The van der Waals surface area contributed by atoms with E-state index in [0.717, 1.165) is 16.1 Å². The van der Waals surface area contributed by atoms with Crippen molar-refractivity contribution in [1.29, 1.82) is 0 Å². The Bertz CT molecular complexity index is 889. The van der Waals surface area contributed by atoms with Gasteiger partial charge in [0.05, 0.1) is 11.4 Å². The van der Waals surface area contributed by atoms with Crippen molar-refractivity contribution in [3.05, 3.63) is 65.1 Å². The lowest BCUT2D eigenvalue weighted by Gasteiger charge is -2.08. The van der Waals surface area contributed by atoms with Crippen molar-refractivity contribution < 1.29 is 8.42 Å². The molecule has 0 spiro atoms. The average Bonchev–Trinajstić information content (AvgIpc) is 3.07. The van der Waals surface area contributed by atoms with Crippen LogP contribution in [0, 0.1) is 0 Å². The molecule has 0 amide bonds. The number of aromatic nitrogens is 1. The molecule has 0 saturated heterocycles. The van der Waals surface area contributed by atoms with Gasteiger partial charge in [0.1, 0.15) is 5.01 Å². The van der Waals surface area contributed by atoms with E-state index in [1.165, 1.54) is 11.3 Å². The highest BCUT2D eigenvalue weighted by Crippen LogP contribution is 2.26. The number of thiazole rings is 1. The zero-order chi connectivity index (χ0) is 16.3. The van der Waals surface area contributed by atoms with Crippen molar-refractivity contribution in [3.8, 4) is 11.1 Å². The second kappa shape index (κ2) is 6.49. The third kappa shape index (κ3) is 3.58. The largest absolute Gasteiger partial charge is 0.398 e. The molecule has 7 heteroatoms. The van der Waals surface area contributed by atoms with Gasteiger partial charge in [0.15, 0.2) is 0 Å². The second-order valence-electron chi connectivity index (χ2n) is 4.86. The van der Waals surface area contributed by atoms with Gasteiger partial charge in [0.2, 0.25) is 10.0 Å². The zero-order valence-corrected chi connectivity index (χ0v) is 13.8. The fourth-order valence-electron chi connectivity index (χ4n) is 2.15. The lowest BCUT2D eigenvalue weighted by Crippen LogP contribution is -2.23. The highest BCUT2D eigenvalue weighted by molar-refractivity contribution is 7.89. The fraction of sp³-hybridized carbons (Fsp3) is 0.0625. The van der Waals surface area contributed by atoms with Gasteiger partial charge in [0, 0.05) is 22.8 Å². The van der Waals surface area contributed by atoms with Crippen LogP contribution in [-0.2, 0) is 16.6 Å². The Morgan fingerprint density at radius 1 is 1.09 bits per heavy atom. The maximum atomic E-state index is 12.3. The van der Waals surface area contributed by atoms with Crippen LogP contribution >= 0.6 is 11.3 Å².